The van der Waals surface area contributed by atoms with Crippen LogP contribution in [0.15, 0.2) is 0 Å². The van der Waals surface area contributed by atoms with Gasteiger partial charge in [-0.1, -0.05) is 40.0 Å². The van der Waals surface area contributed by atoms with Gasteiger partial charge in [0.1, 0.15) is 16.6 Å². The lowest BCUT2D eigenvalue weighted by molar-refractivity contribution is 0.360. The third kappa shape index (κ3) is 3.58. The minimum atomic E-state index is 0.594. The van der Waals surface area contributed by atoms with E-state index in [9.17, 15) is 0 Å². The third-order valence-electron chi connectivity index (χ3n) is 9.20. The summed E-state index contributed by atoms with van der Waals surface area (Å²) in [7, 11) is 10.1. The monoisotopic (exact) mass is 609 g/mol. The van der Waals surface area contributed by atoms with Crippen LogP contribution in [0.25, 0.3) is 65.0 Å². The summed E-state index contributed by atoms with van der Waals surface area (Å²) in [6, 6.07) is 0. The second-order valence-corrected chi connectivity index (χ2v) is 11.5. The molecule has 0 aliphatic carbocycles. The zero-order valence-electron chi connectivity index (χ0n) is 27.5. The van der Waals surface area contributed by atoms with Crippen LogP contribution in [0.3, 0.4) is 0 Å². The first-order chi connectivity index (χ1) is 22.0. The number of ether oxygens (including phenoxy) is 6. The highest BCUT2D eigenvalue weighted by Crippen LogP contribution is 2.60. The zero-order valence-corrected chi connectivity index (χ0v) is 27.5. The number of aromatic nitrogens is 3. The number of aryl methyl sites for hydroxylation is 3. The van der Waals surface area contributed by atoms with Gasteiger partial charge in [0.25, 0.3) is 0 Å². The first kappa shape index (κ1) is 29.2. The molecule has 0 saturated heterocycles. The van der Waals surface area contributed by atoms with Gasteiger partial charge >= 0.3 is 0 Å². The van der Waals surface area contributed by atoms with Crippen molar-refractivity contribution in [1.82, 2.24) is 15.0 Å². The molecule has 234 valence electrons. The summed E-state index contributed by atoms with van der Waals surface area (Å²) in [6.45, 7) is 6.46. The van der Waals surface area contributed by atoms with Gasteiger partial charge in [0.2, 0.25) is 0 Å². The number of hydrogen-bond acceptors (Lipinski definition) is 9. The van der Waals surface area contributed by atoms with E-state index in [-0.39, 0.29) is 0 Å². The van der Waals surface area contributed by atoms with Gasteiger partial charge in [-0.15, -0.1) is 0 Å². The molecule has 0 unspecified atom stereocenters. The van der Waals surface area contributed by atoms with Crippen LogP contribution >= 0.6 is 0 Å². The highest BCUT2D eigenvalue weighted by molar-refractivity contribution is 6.47. The fourth-order valence-corrected chi connectivity index (χ4v) is 7.68. The van der Waals surface area contributed by atoms with Crippen LogP contribution in [0, 0.1) is 0 Å². The van der Waals surface area contributed by atoms with Crippen molar-refractivity contribution in [3.8, 4) is 34.5 Å². The number of nitrogens with zero attached hydrogens (tertiary/aromatic N) is 3. The number of pyridine rings is 3. The Morgan fingerprint density at radius 2 is 0.578 bits per heavy atom. The Hall–Kier alpha value is -4.53. The zero-order chi connectivity index (χ0) is 31.7. The molecule has 0 radical (unpaired) electrons. The molecule has 9 heteroatoms. The molecule has 0 saturated carbocycles. The lowest BCUT2D eigenvalue weighted by Gasteiger charge is -2.28. The van der Waals surface area contributed by atoms with Gasteiger partial charge in [0.15, 0.2) is 34.5 Å². The predicted octanol–water partition coefficient (Wildman–Crippen LogP) is 8.01. The quantitative estimate of drug-likeness (QED) is 0.101. The van der Waals surface area contributed by atoms with Crippen LogP contribution in [0.2, 0.25) is 0 Å². The minimum Gasteiger partial charge on any atom is -0.492 e. The average molecular weight is 610 g/mol. The van der Waals surface area contributed by atoms with Gasteiger partial charge < -0.3 is 28.4 Å². The van der Waals surface area contributed by atoms with Crippen LogP contribution in [-0.2, 0) is 19.3 Å². The van der Waals surface area contributed by atoms with Gasteiger partial charge in [-0.25, -0.2) is 15.0 Å². The Kier molecular flexibility index (Phi) is 7.02. The summed E-state index contributed by atoms with van der Waals surface area (Å²) in [5, 5.41) is 8.78. The molecule has 3 aromatic heterocycles. The number of rotatable bonds is 12. The Labute approximate surface area is 261 Å². The van der Waals surface area contributed by atoms with Crippen LogP contribution in [0.5, 0.6) is 34.5 Å². The molecule has 7 aromatic rings. The van der Waals surface area contributed by atoms with E-state index < -0.39 is 0 Å². The van der Waals surface area contributed by atoms with E-state index in [0.29, 0.717) is 34.5 Å². The van der Waals surface area contributed by atoms with Crippen molar-refractivity contribution in [3.63, 3.8) is 0 Å². The summed E-state index contributed by atoms with van der Waals surface area (Å²) in [5.74, 6) is 3.69. The minimum absolute atomic E-state index is 0.594. The van der Waals surface area contributed by atoms with E-state index >= 15 is 0 Å². The van der Waals surface area contributed by atoms with E-state index in [2.05, 4.69) is 20.8 Å². The smallest absolute Gasteiger partial charge is 0.187 e. The van der Waals surface area contributed by atoms with E-state index in [1.54, 1.807) is 42.7 Å². The van der Waals surface area contributed by atoms with E-state index in [4.69, 9.17) is 43.4 Å². The van der Waals surface area contributed by atoms with E-state index in [1.807, 2.05) is 0 Å². The fraction of sp³-hybridized carbons (Fsp3) is 0.417. The van der Waals surface area contributed by atoms with Gasteiger partial charge in [0, 0.05) is 32.3 Å². The van der Waals surface area contributed by atoms with Crippen LogP contribution in [0.1, 0.15) is 57.1 Å². The molecule has 0 spiro atoms. The summed E-state index contributed by atoms with van der Waals surface area (Å²) < 4.78 is 37.1. The first-order valence-electron chi connectivity index (χ1n) is 15.7. The predicted molar refractivity (Wildman–Crippen MR) is 180 cm³/mol. The van der Waals surface area contributed by atoms with E-state index in [1.165, 1.54) is 0 Å². The van der Waals surface area contributed by atoms with Crippen LogP contribution in [0.4, 0.5) is 0 Å². The highest BCUT2D eigenvalue weighted by Gasteiger charge is 2.36. The molecule has 0 fully saturated rings. The summed E-state index contributed by atoms with van der Waals surface area (Å²) in [4.78, 5) is 16.0. The second-order valence-electron chi connectivity index (χ2n) is 11.5. The van der Waals surface area contributed by atoms with Gasteiger partial charge in [-0.2, -0.15) is 0 Å². The molecule has 3 heterocycles. The van der Waals surface area contributed by atoms with Crippen LogP contribution < -0.4 is 28.4 Å². The maximum atomic E-state index is 6.20. The number of methoxy groups -OCH3 is 6. The van der Waals surface area contributed by atoms with Crippen molar-refractivity contribution in [1.29, 1.82) is 0 Å². The van der Waals surface area contributed by atoms with Crippen LogP contribution in [-0.4, -0.2) is 57.6 Å². The van der Waals surface area contributed by atoms with Crippen molar-refractivity contribution in [2.75, 3.05) is 42.7 Å². The fourth-order valence-electron chi connectivity index (χ4n) is 7.68. The summed E-state index contributed by atoms with van der Waals surface area (Å²) >= 11 is 0. The molecular formula is C36H39N3O6. The van der Waals surface area contributed by atoms with Crippen molar-refractivity contribution in [2.24, 2.45) is 0 Å². The maximum absolute atomic E-state index is 6.20. The van der Waals surface area contributed by atoms with Crippen molar-refractivity contribution in [3.05, 3.63) is 17.1 Å². The molecule has 4 aromatic carbocycles. The molecule has 0 atom stereocenters. The number of benzene rings is 4. The largest absolute Gasteiger partial charge is 0.492 e. The second kappa shape index (κ2) is 10.8. The summed E-state index contributed by atoms with van der Waals surface area (Å²) in [6.07, 6.45) is 4.88. The molecule has 0 aliphatic heterocycles. The molecule has 0 amide bonds. The molecule has 45 heavy (non-hydrogen) atoms. The van der Waals surface area contributed by atoms with E-state index in [0.717, 1.165) is 121 Å². The topological polar surface area (TPSA) is 94.1 Å². The molecule has 0 bridgehead atoms. The highest BCUT2D eigenvalue weighted by atomic mass is 16.5. The lowest BCUT2D eigenvalue weighted by Crippen LogP contribution is -2.09. The Balaban J connectivity index is 2.00. The summed E-state index contributed by atoms with van der Waals surface area (Å²) in [5.41, 5.74) is 4.95. The van der Waals surface area contributed by atoms with Gasteiger partial charge in [-0.3, -0.25) is 0 Å². The molecule has 9 nitrogen and oxygen atoms in total. The standard InChI is InChI=1S/C36H39N3O6/c1-10-13-16-19-22-25-23-20(32(41-5)34(43-7)28(25)37-16)17(14-11-2)39-30-27(23)24-21(33(42-6)36(30)45-9)18(15-12-3)38-29(26(22)24)35(44-8)31(19)40-4/h10-15H2,1-9H3. The number of hydrogen-bond donors (Lipinski definition) is 0. The Morgan fingerprint density at radius 1 is 0.333 bits per heavy atom. The normalized spacial score (nSPS) is 12.2. The SMILES string of the molecule is CCCc1nc2c(OC)c(OC)c3c(CCC)nc4c(OC)c(OC)c5c(CCC)nc6c(OC)c(OC)c1c1c6c5c4c3c21. The molecule has 7 rings (SSSR count). The maximum Gasteiger partial charge on any atom is 0.187 e. The molecular weight excluding hydrogens is 570 g/mol. The van der Waals surface area contributed by atoms with Crippen molar-refractivity contribution < 1.29 is 28.4 Å². The third-order valence-corrected chi connectivity index (χ3v) is 9.20. The lowest BCUT2D eigenvalue weighted by atomic mass is 9.82. The average Bonchev–Trinajstić information content (AvgIpc) is 3.05. The Bertz CT molecular complexity index is 1950. The van der Waals surface area contributed by atoms with Crippen molar-refractivity contribution in [2.45, 2.75) is 59.3 Å². The Morgan fingerprint density at radius 3 is 0.778 bits per heavy atom. The van der Waals surface area contributed by atoms with Crippen molar-refractivity contribution >= 4 is 65.0 Å². The molecule has 0 aliphatic rings. The van der Waals surface area contributed by atoms with Gasteiger partial charge in [0.05, 0.1) is 75.9 Å². The molecule has 0 N–H and O–H groups in total. The van der Waals surface area contributed by atoms with Gasteiger partial charge in [-0.05, 0) is 19.3 Å². The first-order valence-corrected chi connectivity index (χ1v) is 15.7.